The third kappa shape index (κ3) is 4.60. The van der Waals surface area contributed by atoms with Crippen LogP contribution in [-0.4, -0.2) is 23.8 Å². The largest absolute Gasteiger partial charge is 0.381 e. The van der Waals surface area contributed by atoms with Gasteiger partial charge in [-0.2, -0.15) is 5.26 Å². The minimum Gasteiger partial charge on any atom is -0.381 e. The molecule has 0 saturated carbocycles. The normalized spacial score (nSPS) is 14.8. The minimum atomic E-state index is -0.392. The van der Waals surface area contributed by atoms with Gasteiger partial charge in [0.1, 0.15) is 17.4 Å². The number of nitrogens with zero attached hydrogens (tertiary/aromatic N) is 2. The van der Waals surface area contributed by atoms with Crippen LogP contribution in [0, 0.1) is 23.1 Å². The molecule has 3 rings (SSSR count). The van der Waals surface area contributed by atoms with Gasteiger partial charge in [0.05, 0.1) is 5.69 Å². The summed E-state index contributed by atoms with van der Waals surface area (Å²) in [5.74, 6) is 0.0684. The molecule has 0 bridgehead atoms. The Morgan fingerprint density at radius 1 is 1.32 bits per heavy atom. The first-order chi connectivity index (χ1) is 13.5. The maximum Gasteiger partial charge on any atom is 0.269 e. The summed E-state index contributed by atoms with van der Waals surface area (Å²) in [6.07, 6.45) is 4.22. The molecule has 0 unspecified atom stereocenters. The highest BCUT2D eigenvalue weighted by Crippen LogP contribution is 2.27. The number of benzene rings is 1. The number of hydrogen-bond donors (Lipinski definition) is 1. The molecule has 1 aromatic carbocycles. The van der Waals surface area contributed by atoms with Crippen LogP contribution in [0.1, 0.15) is 38.7 Å². The minimum absolute atomic E-state index is 0.0517. The lowest BCUT2D eigenvalue weighted by Crippen LogP contribution is -2.28. The second kappa shape index (κ2) is 9.03. The first kappa shape index (κ1) is 20.1. The van der Waals surface area contributed by atoms with E-state index in [4.69, 9.17) is 4.74 Å². The standard InChI is InChI=1S/C22H26FN3O2/c1-15(2)5-9-26-10-6-18(19(14-24)22(26)27)16-3-4-21(20(23)13-16)25-17-7-11-28-12-8-17/h3-4,6,10,13,15,17,25H,5,7-9,11-12H2,1-2H3. The molecule has 0 aliphatic carbocycles. The van der Waals surface area contributed by atoms with Crippen LogP contribution in [0.3, 0.4) is 0 Å². The van der Waals surface area contributed by atoms with Gasteiger partial charge >= 0.3 is 0 Å². The van der Waals surface area contributed by atoms with Gasteiger partial charge in [0.15, 0.2) is 0 Å². The van der Waals surface area contributed by atoms with Crippen molar-refractivity contribution in [1.29, 1.82) is 5.26 Å². The van der Waals surface area contributed by atoms with E-state index in [0.717, 1.165) is 19.3 Å². The van der Waals surface area contributed by atoms with Gasteiger partial charge in [-0.15, -0.1) is 0 Å². The first-order valence-corrected chi connectivity index (χ1v) is 9.77. The molecule has 0 amide bonds. The summed E-state index contributed by atoms with van der Waals surface area (Å²) in [4.78, 5) is 12.6. The number of nitriles is 1. The van der Waals surface area contributed by atoms with Crippen molar-refractivity contribution in [3.8, 4) is 17.2 Å². The zero-order valence-corrected chi connectivity index (χ0v) is 16.4. The van der Waals surface area contributed by atoms with Crippen molar-refractivity contribution in [2.45, 2.75) is 45.7 Å². The topological polar surface area (TPSA) is 67.1 Å². The molecule has 1 fully saturated rings. The molecule has 2 heterocycles. The third-order valence-electron chi connectivity index (χ3n) is 5.09. The van der Waals surface area contributed by atoms with Crippen LogP contribution in [0.5, 0.6) is 0 Å². The third-order valence-corrected chi connectivity index (χ3v) is 5.09. The van der Waals surface area contributed by atoms with E-state index in [1.165, 1.54) is 6.07 Å². The Balaban J connectivity index is 1.86. The van der Waals surface area contributed by atoms with Gasteiger partial charge in [-0.3, -0.25) is 4.79 Å². The number of pyridine rings is 1. The van der Waals surface area contributed by atoms with Gasteiger partial charge in [0.25, 0.3) is 5.56 Å². The molecule has 1 saturated heterocycles. The second-order valence-electron chi connectivity index (χ2n) is 7.62. The predicted octanol–water partition coefficient (Wildman–Crippen LogP) is 4.16. The first-order valence-electron chi connectivity index (χ1n) is 9.77. The van der Waals surface area contributed by atoms with Crippen molar-refractivity contribution in [3.63, 3.8) is 0 Å². The van der Waals surface area contributed by atoms with Gasteiger partial charge in [-0.1, -0.05) is 19.9 Å². The fraction of sp³-hybridized carbons (Fsp3) is 0.455. The molecule has 6 heteroatoms. The Morgan fingerprint density at radius 3 is 2.71 bits per heavy atom. The average molecular weight is 383 g/mol. The summed E-state index contributed by atoms with van der Waals surface area (Å²) in [7, 11) is 0. The molecule has 1 aromatic heterocycles. The van der Waals surface area contributed by atoms with Crippen LogP contribution in [0.4, 0.5) is 10.1 Å². The quantitative estimate of drug-likeness (QED) is 0.813. The molecule has 5 nitrogen and oxygen atoms in total. The van der Waals surface area contributed by atoms with E-state index in [0.29, 0.717) is 42.5 Å². The zero-order chi connectivity index (χ0) is 20.1. The fourth-order valence-corrected chi connectivity index (χ4v) is 3.36. The summed E-state index contributed by atoms with van der Waals surface area (Å²) < 4.78 is 21.5. The van der Waals surface area contributed by atoms with Crippen molar-refractivity contribution >= 4 is 5.69 Å². The lowest BCUT2D eigenvalue weighted by molar-refractivity contribution is 0.0904. The number of aryl methyl sites for hydroxylation is 1. The van der Waals surface area contributed by atoms with E-state index in [2.05, 4.69) is 19.2 Å². The number of nitrogens with one attached hydrogen (secondary N) is 1. The van der Waals surface area contributed by atoms with Crippen LogP contribution < -0.4 is 10.9 Å². The molecule has 1 N–H and O–H groups in total. The Hall–Kier alpha value is -2.65. The molecule has 28 heavy (non-hydrogen) atoms. The molecule has 0 atom stereocenters. The monoisotopic (exact) mass is 383 g/mol. The zero-order valence-electron chi connectivity index (χ0n) is 16.4. The van der Waals surface area contributed by atoms with Gasteiger partial charge < -0.3 is 14.6 Å². The number of ether oxygens (including phenoxy) is 1. The van der Waals surface area contributed by atoms with Gasteiger partial charge in [0, 0.05) is 37.6 Å². The SMILES string of the molecule is CC(C)CCn1ccc(-c2ccc(NC3CCOCC3)c(F)c2)c(C#N)c1=O. The summed E-state index contributed by atoms with van der Waals surface area (Å²) >= 11 is 0. The number of hydrogen-bond acceptors (Lipinski definition) is 4. The Morgan fingerprint density at radius 2 is 2.07 bits per heavy atom. The number of anilines is 1. The van der Waals surface area contributed by atoms with E-state index < -0.39 is 5.82 Å². The highest BCUT2D eigenvalue weighted by Gasteiger charge is 2.17. The van der Waals surface area contributed by atoms with Crippen LogP contribution in [0.2, 0.25) is 0 Å². The van der Waals surface area contributed by atoms with Crippen LogP contribution >= 0.6 is 0 Å². The Bertz CT molecular complexity index is 924. The number of rotatable bonds is 6. The predicted molar refractivity (Wildman–Crippen MR) is 108 cm³/mol. The van der Waals surface area contributed by atoms with Crippen molar-refractivity contribution < 1.29 is 9.13 Å². The van der Waals surface area contributed by atoms with E-state index in [1.54, 1.807) is 29.0 Å². The molecular weight excluding hydrogens is 357 g/mol. The fourth-order valence-electron chi connectivity index (χ4n) is 3.36. The maximum absolute atomic E-state index is 14.7. The van der Waals surface area contributed by atoms with Gasteiger partial charge in [-0.05, 0) is 48.9 Å². The van der Waals surface area contributed by atoms with Crippen molar-refractivity contribution in [2.24, 2.45) is 5.92 Å². The number of aromatic nitrogens is 1. The summed E-state index contributed by atoms with van der Waals surface area (Å²) in [6.45, 7) is 6.09. The van der Waals surface area contributed by atoms with E-state index in [-0.39, 0.29) is 17.2 Å². The molecule has 0 radical (unpaired) electrons. The van der Waals surface area contributed by atoms with E-state index in [9.17, 15) is 14.4 Å². The lowest BCUT2D eigenvalue weighted by Gasteiger charge is -2.24. The highest BCUT2D eigenvalue weighted by atomic mass is 19.1. The van der Waals surface area contributed by atoms with E-state index in [1.807, 2.05) is 6.07 Å². The van der Waals surface area contributed by atoms with Crippen LogP contribution in [0.15, 0.2) is 35.3 Å². The molecule has 0 spiro atoms. The van der Waals surface area contributed by atoms with Crippen LogP contribution in [0.25, 0.3) is 11.1 Å². The van der Waals surface area contributed by atoms with Gasteiger partial charge in [0.2, 0.25) is 0 Å². The maximum atomic E-state index is 14.7. The van der Waals surface area contributed by atoms with Crippen molar-refractivity contribution in [2.75, 3.05) is 18.5 Å². The summed E-state index contributed by atoms with van der Waals surface area (Å²) in [5.41, 5.74) is 1.14. The van der Waals surface area contributed by atoms with Crippen molar-refractivity contribution in [3.05, 3.63) is 52.2 Å². The van der Waals surface area contributed by atoms with Gasteiger partial charge in [-0.25, -0.2) is 4.39 Å². The Labute approximate surface area is 164 Å². The molecule has 148 valence electrons. The molecular formula is C22H26FN3O2. The summed E-state index contributed by atoms with van der Waals surface area (Å²) in [6, 6.07) is 8.72. The molecule has 1 aliphatic rings. The van der Waals surface area contributed by atoms with Crippen LogP contribution in [-0.2, 0) is 11.3 Å². The number of halogens is 1. The molecule has 2 aromatic rings. The second-order valence-corrected chi connectivity index (χ2v) is 7.62. The lowest BCUT2D eigenvalue weighted by atomic mass is 10.0. The summed E-state index contributed by atoms with van der Waals surface area (Å²) in [5, 5.41) is 12.7. The van der Waals surface area contributed by atoms with E-state index >= 15 is 0 Å². The molecule has 1 aliphatic heterocycles. The Kier molecular flexibility index (Phi) is 6.48. The highest BCUT2D eigenvalue weighted by molar-refractivity contribution is 5.71. The average Bonchev–Trinajstić information content (AvgIpc) is 2.69. The smallest absolute Gasteiger partial charge is 0.269 e. The van der Waals surface area contributed by atoms with Crippen molar-refractivity contribution in [1.82, 2.24) is 4.57 Å².